The summed E-state index contributed by atoms with van der Waals surface area (Å²) in [5.74, 6) is -0.135. The molecule has 0 bridgehead atoms. The number of rotatable bonds is 5. The lowest BCUT2D eigenvalue weighted by Gasteiger charge is -2.34. The molecule has 1 aromatic rings. The van der Waals surface area contributed by atoms with Crippen LogP contribution in [0.4, 0.5) is 0 Å². The molecule has 1 aromatic carbocycles. The minimum atomic E-state index is -0.786. The highest BCUT2D eigenvalue weighted by Crippen LogP contribution is 2.29. The number of nitriles is 1. The Balaban J connectivity index is 1.87. The zero-order valence-electron chi connectivity index (χ0n) is 14.7. The average molecular weight is 340 g/mol. The topological polar surface area (TPSA) is 79.2 Å². The Morgan fingerprint density at radius 2 is 2.00 bits per heavy atom. The predicted octanol–water partition coefficient (Wildman–Crippen LogP) is 3.08. The van der Waals surface area contributed by atoms with Crippen LogP contribution in [0.1, 0.15) is 38.7 Å². The molecule has 25 heavy (non-hydrogen) atoms. The van der Waals surface area contributed by atoms with Crippen LogP contribution in [0.2, 0.25) is 0 Å². The van der Waals surface area contributed by atoms with Crippen LogP contribution in [0.3, 0.4) is 0 Å². The molecular weight excluding hydrogens is 316 g/mol. The van der Waals surface area contributed by atoms with E-state index < -0.39 is 5.97 Å². The predicted molar refractivity (Wildman–Crippen MR) is 95.1 cm³/mol. The summed E-state index contributed by atoms with van der Waals surface area (Å²) in [5, 5.41) is 12.1. The molecular formula is C20H24N2O3. The van der Waals surface area contributed by atoms with Gasteiger partial charge in [-0.3, -0.25) is 4.79 Å². The minimum absolute atomic E-state index is 0.116. The van der Waals surface area contributed by atoms with Gasteiger partial charge in [-0.1, -0.05) is 57.0 Å². The van der Waals surface area contributed by atoms with Crippen LogP contribution < -0.4 is 5.32 Å². The number of carbonyl (C=O) groups is 2. The molecule has 5 nitrogen and oxygen atoms in total. The van der Waals surface area contributed by atoms with Crippen molar-refractivity contribution in [1.82, 2.24) is 5.32 Å². The highest BCUT2D eigenvalue weighted by atomic mass is 16.5. The second-order valence-corrected chi connectivity index (χ2v) is 6.60. The minimum Gasteiger partial charge on any atom is -0.451 e. The van der Waals surface area contributed by atoms with Crippen molar-refractivity contribution >= 4 is 18.0 Å². The van der Waals surface area contributed by atoms with Gasteiger partial charge in [-0.15, -0.1) is 0 Å². The standard InChI is InChI=1S/C20H24N2O3/c1-14-7-6-10-18(15(14)2)22-19(23)13-25-20(24)17(12-21)11-16-8-4-3-5-9-16/h3-5,8-9,11,14-15,18H,6-7,10,13H2,1-2H3,(H,22,23)/b17-11+/t14-,15-,18-/m1/s1. The summed E-state index contributed by atoms with van der Waals surface area (Å²) >= 11 is 0. The fourth-order valence-corrected chi connectivity index (χ4v) is 3.10. The Kier molecular flexibility index (Phi) is 6.76. The SMILES string of the molecule is C[C@@H]1[C@H](C)CCC[C@H]1NC(=O)COC(=O)/C(C#N)=C/c1ccccc1. The van der Waals surface area contributed by atoms with Gasteiger partial charge in [-0.05, 0) is 29.9 Å². The number of esters is 1. The van der Waals surface area contributed by atoms with Crippen molar-refractivity contribution in [3.63, 3.8) is 0 Å². The van der Waals surface area contributed by atoms with Gasteiger partial charge in [0, 0.05) is 6.04 Å². The van der Waals surface area contributed by atoms with Crippen LogP contribution in [0.25, 0.3) is 6.08 Å². The summed E-state index contributed by atoms with van der Waals surface area (Å²) in [5.41, 5.74) is 0.601. The molecule has 1 N–H and O–H groups in total. The monoisotopic (exact) mass is 340 g/mol. The first-order valence-electron chi connectivity index (χ1n) is 8.64. The lowest BCUT2D eigenvalue weighted by molar-refractivity contribution is -0.144. The third-order valence-electron chi connectivity index (χ3n) is 4.84. The first-order valence-corrected chi connectivity index (χ1v) is 8.64. The summed E-state index contributed by atoms with van der Waals surface area (Å²) in [7, 11) is 0. The second kappa shape index (κ2) is 9.03. The number of hydrogen-bond acceptors (Lipinski definition) is 4. The first kappa shape index (κ1) is 18.7. The van der Waals surface area contributed by atoms with Crippen LogP contribution >= 0.6 is 0 Å². The lowest BCUT2D eigenvalue weighted by atomic mass is 9.78. The molecule has 1 amide bonds. The Hall–Kier alpha value is -2.61. The maximum atomic E-state index is 12.0. The molecule has 1 aliphatic carbocycles. The van der Waals surface area contributed by atoms with Crippen molar-refractivity contribution in [2.75, 3.05) is 6.61 Å². The van der Waals surface area contributed by atoms with E-state index in [9.17, 15) is 9.59 Å². The van der Waals surface area contributed by atoms with Gasteiger partial charge in [0.05, 0.1) is 0 Å². The molecule has 1 fully saturated rings. The van der Waals surface area contributed by atoms with Gasteiger partial charge in [0.1, 0.15) is 11.6 Å². The number of carbonyl (C=O) groups excluding carboxylic acids is 2. The molecule has 132 valence electrons. The molecule has 1 aliphatic rings. The van der Waals surface area contributed by atoms with Crippen molar-refractivity contribution in [3.8, 4) is 6.07 Å². The Morgan fingerprint density at radius 1 is 1.28 bits per heavy atom. The molecule has 0 radical (unpaired) electrons. The Bertz CT molecular complexity index is 676. The second-order valence-electron chi connectivity index (χ2n) is 6.60. The van der Waals surface area contributed by atoms with Crippen LogP contribution in [0, 0.1) is 23.2 Å². The fraction of sp³-hybridized carbons (Fsp3) is 0.450. The first-order chi connectivity index (χ1) is 12.0. The molecule has 2 rings (SSSR count). The molecule has 0 saturated heterocycles. The van der Waals surface area contributed by atoms with E-state index in [0.29, 0.717) is 11.8 Å². The van der Waals surface area contributed by atoms with Crippen molar-refractivity contribution in [3.05, 3.63) is 41.5 Å². The van der Waals surface area contributed by atoms with Gasteiger partial charge >= 0.3 is 5.97 Å². The van der Waals surface area contributed by atoms with Crippen LogP contribution in [0.15, 0.2) is 35.9 Å². The van der Waals surface area contributed by atoms with Crippen molar-refractivity contribution in [1.29, 1.82) is 5.26 Å². The normalized spacial score (nSPS) is 23.4. The molecule has 0 heterocycles. The van der Waals surface area contributed by atoms with Gasteiger partial charge in [0.25, 0.3) is 5.91 Å². The zero-order chi connectivity index (χ0) is 18.2. The highest BCUT2D eigenvalue weighted by molar-refractivity contribution is 5.98. The summed E-state index contributed by atoms with van der Waals surface area (Å²) in [6.45, 7) is 3.96. The third-order valence-corrected chi connectivity index (χ3v) is 4.84. The summed E-state index contributed by atoms with van der Waals surface area (Å²) in [4.78, 5) is 24.0. The largest absolute Gasteiger partial charge is 0.451 e. The smallest absolute Gasteiger partial charge is 0.349 e. The van der Waals surface area contributed by atoms with Gasteiger partial charge in [0.2, 0.25) is 0 Å². The lowest BCUT2D eigenvalue weighted by Crippen LogP contribution is -2.45. The molecule has 0 spiro atoms. The van der Waals surface area contributed by atoms with E-state index in [1.807, 2.05) is 24.3 Å². The summed E-state index contributed by atoms with van der Waals surface area (Å²) in [6, 6.07) is 11.0. The number of nitrogens with zero attached hydrogens (tertiary/aromatic N) is 1. The Morgan fingerprint density at radius 3 is 2.68 bits per heavy atom. The number of amides is 1. The number of benzene rings is 1. The van der Waals surface area contributed by atoms with Gasteiger partial charge < -0.3 is 10.1 Å². The number of hydrogen-bond donors (Lipinski definition) is 1. The van der Waals surface area contributed by atoms with Crippen molar-refractivity contribution < 1.29 is 14.3 Å². The van der Waals surface area contributed by atoms with Crippen LogP contribution in [0.5, 0.6) is 0 Å². The quantitative estimate of drug-likeness (QED) is 0.507. The maximum Gasteiger partial charge on any atom is 0.349 e. The maximum absolute atomic E-state index is 12.0. The van der Waals surface area contributed by atoms with Crippen molar-refractivity contribution in [2.24, 2.45) is 11.8 Å². The molecule has 3 atom stereocenters. The van der Waals surface area contributed by atoms with E-state index in [1.54, 1.807) is 12.1 Å². The van der Waals surface area contributed by atoms with E-state index in [0.717, 1.165) is 18.4 Å². The van der Waals surface area contributed by atoms with Crippen molar-refractivity contribution in [2.45, 2.75) is 39.2 Å². The highest BCUT2D eigenvalue weighted by Gasteiger charge is 2.28. The van der Waals surface area contributed by atoms with E-state index in [-0.39, 0.29) is 24.1 Å². The molecule has 0 unspecified atom stereocenters. The number of nitrogens with one attached hydrogen (secondary N) is 1. The average Bonchev–Trinajstić information content (AvgIpc) is 2.62. The van der Waals surface area contributed by atoms with Crippen LogP contribution in [-0.2, 0) is 14.3 Å². The third kappa shape index (κ3) is 5.46. The molecule has 5 heteroatoms. The summed E-state index contributed by atoms with van der Waals surface area (Å²) in [6.07, 6.45) is 4.67. The summed E-state index contributed by atoms with van der Waals surface area (Å²) < 4.78 is 4.99. The van der Waals surface area contributed by atoms with E-state index in [2.05, 4.69) is 19.2 Å². The molecule has 0 aromatic heterocycles. The van der Waals surface area contributed by atoms with Gasteiger partial charge in [0.15, 0.2) is 6.61 Å². The van der Waals surface area contributed by atoms with Gasteiger partial charge in [-0.25, -0.2) is 4.79 Å². The number of ether oxygens (including phenoxy) is 1. The molecule has 1 saturated carbocycles. The van der Waals surface area contributed by atoms with E-state index in [4.69, 9.17) is 10.00 Å². The Labute approximate surface area is 148 Å². The van der Waals surface area contributed by atoms with E-state index >= 15 is 0 Å². The molecule has 0 aliphatic heterocycles. The zero-order valence-corrected chi connectivity index (χ0v) is 14.7. The van der Waals surface area contributed by atoms with Gasteiger partial charge in [-0.2, -0.15) is 5.26 Å². The van der Waals surface area contributed by atoms with E-state index in [1.165, 1.54) is 12.5 Å². The fourth-order valence-electron chi connectivity index (χ4n) is 3.10. The van der Waals surface area contributed by atoms with Crippen LogP contribution in [-0.4, -0.2) is 24.5 Å².